The second-order valence-corrected chi connectivity index (χ2v) is 19.1. The molecule has 3 N–H and O–H groups in total. The summed E-state index contributed by atoms with van der Waals surface area (Å²) in [6.07, 6.45) is 2.18. The van der Waals surface area contributed by atoms with Crippen LogP contribution >= 0.6 is 0 Å². The lowest BCUT2D eigenvalue weighted by molar-refractivity contribution is -0.183. The number of hydrogen-bond donors (Lipinski definition) is 3. The first-order valence-corrected chi connectivity index (χ1v) is 16.8. The molecular formula is C38H64N2O5. The molecule has 0 spiro atoms. The largest absolute Gasteiger partial charge is 0.507 e. The lowest BCUT2D eigenvalue weighted by atomic mass is 9.51. The zero-order chi connectivity index (χ0) is 35.1. The molecule has 0 bridgehead atoms. The van der Waals surface area contributed by atoms with Crippen molar-refractivity contribution in [1.82, 2.24) is 9.80 Å². The van der Waals surface area contributed by atoms with Crippen molar-refractivity contribution in [3.8, 4) is 5.75 Å². The zero-order valence-corrected chi connectivity index (χ0v) is 31.3. The lowest BCUT2D eigenvalue weighted by Gasteiger charge is -2.60. The van der Waals surface area contributed by atoms with Crippen LogP contribution < -0.4 is 0 Å². The number of carbonyl (C=O) groups is 2. The van der Waals surface area contributed by atoms with Gasteiger partial charge < -0.3 is 15.3 Å². The van der Waals surface area contributed by atoms with Gasteiger partial charge >= 0.3 is 11.9 Å². The highest BCUT2D eigenvalue weighted by Crippen LogP contribution is 2.60. The monoisotopic (exact) mass is 628 g/mol. The van der Waals surface area contributed by atoms with Crippen molar-refractivity contribution in [1.29, 1.82) is 0 Å². The van der Waals surface area contributed by atoms with Crippen LogP contribution in [0.25, 0.3) is 0 Å². The van der Waals surface area contributed by atoms with Gasteiger partial charge in [-0.3, -0.25) is 19.4 Å². The summed E-state index contributed by atoms with van der Waals surface area (Å²) in [7, 11) is 4.18. The molecule has 2 aliphatic rings. The number of aliphatic carboxylic acids is 2. The molecule has 2 aliphatic heterocycles. The van der Waals surface area contributed by atoms with Crippen molar-refractivity contribution >= 4 is 11.9 Å². The van der Waals surface area contributed by atoms with E-state index in [-0.39, 0.29) is 22.7 Å². The Morgan fingerprint density at radius 2 is 1.00 bits per heavy atom. The number of carboxylic acids is 2. The Morgan fingerprint density at radius 3 is 1.29 bits per heavy atom. The highest BCUT2D eigenvalue weighted by Gasteiger charge is 2.65. The number of rotatable bonds is 6. The van der Waals surface area contributed by atoms with Crippen molar-refractivity contribution in [2.45, 2.75) is 162 Å². The van der Waals surface area contributed by atoms with Crippen LogP contribution in [-0.4, -0.2) is 73.3 Å². The molecule has 0 saturated carbocycles. The molecular weight excluding hydrogens is 564 g/mol. The van der Waals surface area contributed by atoms with Gasteiger partial charge in [0.25, 0.3) is 0 Å². The quantitative estimate of drug-likeness (QED) is 0.274. The van der Waals surface area contributed by atoms with Gasteiger partial charge in [-0.15, -0.1) is 0 Å². The predicted molar refractivity (Wildman–Crippen MR) is 183 cm³/mol. The van der Waals surface area contributed by atoms with Crippen molar-refractivity contribution in [2.75, 3.05) is 14.1 Å². The molecule has 0 amide bonds. The summed E-state index contributed by atoms with van der Waals surface area (Å²) < 4.78 is 0. The van der Waals surface area contributed by atoms with E-state index in [9.17, 15) is 24.9 Å². The Labute approximate surface area is 273 Å². The molecule has 2 fully saturated rings. The van der Waals surface area contributed by atoms with Gasteiger partial charge in [0.15, 0.2) is 5.41 Å². The normalized spacial score (nSPS) is 23.9. The molecule has 0 radical (unpaired) electrons. The SMILES string of the molecule is CN1C(C)(C)CC(C(c2cc(C(C)(C)C)c(O)c(C(C)(C)C)c2)C(C(=O)O)(C(=O)O)C2CC(C)(C)N(C)C(C)(C)C2)CC1(C)C. The fourth-order valence-corrected chi connectivity index (χ4v) is 9.23. The lowest BCUT2D eigenvalue weighted by Crippen LogP contribution is -2.65. The molecule has 1 unspecified atom stereocenters. The van der Waals surface area contributed by atoms with Gasteiger partial charge in [-0.2, -0.15) is 0 Å². The Balaban J connectivity index is 2.56. The number of hydrogen-bond acceptors (Lipinski definition) is 5. The summed E-state index contributed by atoms with van der Waals surface area (Å²) in [4.78, 5) is 32.8. The number of likely N-dealkylation sites (tertiary alicyclic amines) is 2. The minimum atomic E-state index is -2.09. The molecule has 45 heavy (non-hydrogen) atoms. The van der Waals surface area contributed by atoms with E-state index >= 15 is 0 Å². The summed E-state index contributed by atoms with van der Waals surface area (Å²) >= 11 is 0. The van der Waals surface area contributed by atoms with Crippen LogP contribution in [0.3, 0.4) is 0 Å². The average Bonchev–Trinajstić information content (AvgIpc) is 2.81. The molecule has 3 rings (SSSR count). The number of benzene rings is 1. The minimum Gasteiger partial charge on any atom is -0.507 e. The van der Waals surface area contributed by atoms with Crippen molar-refractivity contribution in [3.05, 3.63) is 28.8 Å². The van der Waals surface area contributed by atoms with Gasteiger partial charge in [-0.1, -0.05) is 53.7 Å². The van der Waals surface area contributed by atoms with Crippen LogP contribution in [0.2, 0.25) is 0 Å². The third kappa shape index (κ3) is 6.42. The van der Waals surface area contributed by atoms with Gasteiger partial charge in [-0.25, -0.2) is 0 Å². The first-order chi connectivity index (χ1) is 19.9. The molecule has 0 aromatic heterocycles. The van der Waals surface area contributed by atoms with Crippen LogP contribution in [0.4, 0.5) is 0 Å². The van der Waals surface area contributed by atoms with E-state index in [0.29, 0.717) is 31.2 Å². The molecule has 256 valence electrons. The van der Waals surface area contributed by atoms with E-state index in [1.54, 1.807) is 0 Å². The molecule has 2 saturated heterocycles. The third-order valence-electron chi connectivity index (χ3n) is 12.1. The third-order valence-corrected chi connectivity index (χ3v) is 12.1. The molecule has 2 heterocycles. The molecule has 7 heteroatoms. The van der Waals surface area contributed by atoms with Crippen LogP contribution in [-0.2, 0) is 20.4 Å². The van der Waals surface area contributed by atoms with Gasteiger partial charge in [-0.05, 0) is 135 Å². The van der Waals surface area contributed by atoms with Gasteiger partial charge in [0.05, 0.1) is 0 Å². The second kappa shape index (κ2) is 11.2. The predicted octanol–water partition coefficient (Wildman–Crippen LogP) is 8.02. The number of phenolic OH excluding ortho intramolecular Hbond substituents is 1. The summed E-state index contributed by atoms with van der Waals surface area (Å²) in [5, 5.41) is 34.6. The average molecular weight is 629 g/mol. The minimum absolute atomic E-state index is 0.208. The summed E-state index contributed by atoms with van der Waals surface area (Å²) in [6, 6.07) is 3.89. The summed E-state index contributed by atoms with van der Waals surface area (Å²) in [6.45, 7) is 29.4. The van der Waals surface area contributed by atoms with Crippen LogP contribution in [0, 0.1) is 17.3 Å². The van der Waals surface area contributed by atoms with Crippen LogP contribution in [0.5, 0.6) is 5.75 Å². The van der Waals surface area contributed by atoms with E-state index in [1.807, 2.05) is 53.7 Å². The molecule has 0 aliphatic carbocycles. The van der Waals surface area contributed by atoms with E-state index in [1.165, 1.54) is 0 Å². The van der Waals surface area contributed by atoms with E-state index in [2.05, 4.69) is 79.3 Å². The maximum absolute atomic E-state index is 14.1. The number of carboxylic acid groups (broad SMARTS) is 2. The van der Waals surface area contributed by atoms with Crippen molar-refractivity contribution < 1.29 is 24.9 Å². The molecule has 1 atom stereocenters. The van der Waals surface area contributed by atoms with E-state index < -0.39 is 51.1 Å². The van der Waals surface area contributed by atoms with Crippen LogP contribution in [0.15, 0.2) is 12.1 Å². The van der Waals surface area contributed by atoms with Crippen LogP contribution in [0.1, 0.15) is 145 Å². The highest BCUT2D eigenvalue weighted by atomic mass is 16.4. The van der Waals surface area contributed by atoms with E-state index in [4.69, 9.17) is 0 Å². The fourth-order valence-electron chi connectivity index (χ4n) is 9.23. The van der Waals surface area contributed by atoms with Crippen molar-refractivity contribution in [3.63, 3.8) is 0 Å². The van der Waals surface area contributed by atoms with Gasteiger partial charge in [0.2, 0.25) is 0 Å². The smallest absolute Gasteiger partial charge is 0.321 e. The fraction of sp³-hybridized carbons (Fsp3) is 0.789. The number of piperidine rings is 2. The summed E-state index contributed by atoms with van der Waals surface area (Å²) in [5.41, 5.74) is -2.28. The first kappa shape index (κ1) is 37.3. The van der Waals surface area contributed by atoms with Gasteiger partial charge in [0, 0.05) is 28.1 Å². The topological polar surface area (TPSA) is 101 Å². The molecule has 7 nitrogen and oxygen atoms in total. The number of aromatic hydroxyl groups is 1. The molecule has 1 aromatic carbocycles. The van der Waals surface area contributed by atoms with Crippen molar-refractivity contribution in [2.24, 2.45) is 17.3 Å². The standard InChI is InChI=1S/C38H64N2O5/c1-32(2,3)26-17-23(18-27(29(26)41)33(4,5)6)28(24-19-34(7,8)39(15)35(9,10)20-24)38(30(42)43,31(44)45)25-21-36(11,12)40(16)37(13,14)22-25/h17-18,24-25,28,41H,19-22H2,1-16H3,(H,42,43)(H,44,45). The Morgan fingerprint density at radius 1 is 0.689 bits per heavy atom. The number of nitrogens with zero attached hydrogens (tertiary/aromatic N) is 2. The Hall–Kier alpha value is -2.12. The zero-order valence-electron chi connectivity index (χ0n) is 31.3. The van der Waals surface area contributed by atoms with Gasteiger partial charge in [0.1, 0.15) is 5.75 Å². The Kier molecular flexibility index (Phi) is 9.33. The molecule has 1 aromatic rings. The summed E-state index contributed by atoms with van der Waals surface area (Å²) in [5.74, 6) is -4.03. The maximum Gasteiger partial charge on any atom is 0.321 e. The number of phenols is 1. The van der Waals surface area contributed by atoms with E-state index in [0.717, 1.165) is 11.1 Å². The second-order valence-electron chi connectivity index (χ2n) is 19.1. The maximum atomic E-state index is 14.1. The Bertz CT molecular complexity index is 1230. The highest BCUT2D eigenvalue weighted by molar-refractivity contribution is 6.00. The first-order valence-electron chi connectivity index (χ1n) is 16.8.